The minimum atomic E-state index is -0.362. The van der Waals surface area contributed by atoms with Crippen LogP contribution >= 0.6 is 0 Å². The fraction of sp³-hybridized carbons (Fsp3) is 0.250. The summed E-state index contributed by atoms with van der Waals surface area (Å²) in [5.74, 6) is 0.508. The van der Waals surface area contributed by atoms with Gasteiger partial charge in [0.1, 0.15) is 24.1 Å². The largest absolute Gasteiger partial charge is 0.497 e. The highest BCUT2D eigenvalue weighted by Gasteiger charge is 2.22. The van der Waals surface area contributed by atoms with Crippen molar-refractivity contribution in [2.75, 3.05) is 7.11 Å². The van der Waals surface area contributed by atoms with Crippen LogP contribution in [0.1, 0.15) is 30.0 Å². The van der Waals surface area contributed by atoms with E-state index in [0.29, 0.717) is 11.2 Å². The van der Waals surface area contributed by atoms with Gasteiger partial charge < -0.3 is 10.1 Å². The standard InChI is InChI=1S/C24H23N5O3/c1-32-18-11-9-17(10-12-18)21-13-22-24(31)28(25-15-29(22)27-21)14-23(30)26-20-8-4-6-16-5-2-3-7-19(16)20/h2-3,5,7,9-13,15,20H,4,6,8,14H2,1H3,(H,26,30)/t20-/m1/s1. The number of fused-ring (bicyclic) bond motifs is 2. The van der Waals surface area contributed by atoms with E-state index in [9.17, 15) is 9.59 Å². The molecule has 4 aromatic rings. The minimum Gasteiger partial charge on any atom is -0.497 e. The molecule has 8 heteroatoms. The summed E-state index contributed by atoms with van der Waals surface area (Å²) in [7, 11) is 1.61. The Kier molecular flexibility index (Phi) is 5.18. The molecule has 5 rings (SSSR count). The van der Waals surface area contributed by atoms with Gasteiger partial charge in [-0.1, -0.05) is 24.3 Å². The molecular formula is C24H23N5O3. The third-order valence-corrected chi connectivity index (χ3v) is 5.87. The zero-order valence-electron chi connectivity index (χ0n) is 17.7. The van der Waals surface area contributed by atoms with E-state index in [0.717, 1.165) is 36.1 Å². The molecule has 0 spiro atoms. The van der Waals surface area contributed by atoms with E-state index in [1.54, 1.807) is 13.2 Å². The van der Waals surface area contributed by atoms with Crippen molar-refractivity contribution in [3.05, 3.63) is 82.4 Å². The molecule has 1 N–H and O–H groups in total. The van der Waals surface area contributed by atoms with Crippen LogP contribution in [-0.4, -0.2) is 32.4 Å². The second-order valence-corrected chi connectivity index (χ2v) is 7.89. The number of ether oxygens (including phenoxy) is 1. The van der Waals surface area contributed by atoms with Crippen LogP contribution in [0.4, 0.5) is 0 Å². The zero-order valence-corrected chi connectivity index (χ0v) is 17.7. The summed E-state index contributed by atoms with van der Waals surface area (Å²) in [5, 5.41) is 11.6. The highest BCUT2D eigenvalue weighted by Crippen LogP contribution is 2.29. The quantitative estimate of drug-likeness (QED) is 0.527. The maximum atomic E-state index is 12.9. The molecule has 162 valence electrons. The Hall–Kier alpha value is -3.94. The summed E-state index contributed by atoms with van der Waals surface area (Å²) in [6, 6.07) is 17.3. The number of hydrogen-bond acceptors (Lipinski definition) is 5. The summed E-state index contributed by atoms with van der Waals surface area (Å²) in [5.41, 5.74) is 3.93. The first-order valence-electron chi connectivity index (χ1n) is 10.6. The Balaban J connectivity index is 1.36. The van der Waals surface area contributed by atoms with Gasteiger partial charge in [0, 0.05) is 5.56 Å². The lowest BCUT2D eigenvalue weighted by molar-refractivity contribution is -0.122. The first kappa shape index (κ1) is 20.0. The van der Waals surface area contributed by atoms with Crippen LogP contribution in [0.2, 0.25) is 0 Å². The number of hydrogen-bond donors (Lipinski definition) is 1. The van der Waals surface area contributed by atoms with Crippen molar-refractivity contribution in [1.82, 2.24) is 24.7 Å². The van der Waals surface area contributed by atoms with Crippen molar-refractivity contribution >= 4 is 11.4 Å². The van der Waals surface area contributed by atoms with Crippen LogP contribution in [0.5, 0.6) is 5.75 Å². The normalized spacial score (nSPS) is 15.3. The van der Waals surface area contributed by atoms with Crippen molar-refractivity contribution in [3.63, 3.8) is 0 Å². The molecule has 1 aliphatic rings. The van der Waals surface area contributed by atoms with Crippen molar-refractivity contribution in [1.29, 1.82) is 0 Å². The molecule has 1 aliphatic carbocycles. The smallest absolute Gasteiger partial charge is 0.293 e. The number of aromatic nitrogens is 4. The van der Waals surface area contributed by atoms with E-state index in [1.165, 1.54) is 21.1 Å². The van der Waals surface area contributed by atoms with Crippen LogP contribution in [0.15, 0.2) is 65.7 Å². The van der Waals surface area contributed by atoms with Gasteiger partial charge in [-0.25, -0.2) is 9.20 Å². The molecule has 2 aromatic heterocycles. The maximum absolute atomic E-state index is 12.9. The molecule has 8 nitrogen and oxygen atoms in total. The number of carbonyl (C=O) groups is 1. The Morgan fingerprint density at radius 3 is 2.81 bits per heavy atom. The van der Waals surface area contributed by atoms with E-state index < -0.39 is 0 Å². The molecule has 1 amide bonds. The van der Waals surface area contributed by atoms with Crippen molar-refractivity contribution in [2.45, 2.75) is 31.8 Å². The topological polar surface area (TPSA) is 90.5 Å². The lowest BCUT2D eigenvalue weighted by Crippen LogP contribution is -2.37. The molecule has 0 unspecified atom stereocenters. The summed E-state index contributed by atoms with van der Waals surface area (Å²) >= 11 is 0. The average Bonchev–Trinajstić information content (AvgIpc) is 3.26. The molecule has 0 radical (unpaired) electrons. The Morgan fingerprint density at radius 2 is 2.00 bits per heavy atom. The van der Waals surface area contributed by atoms with E-state index in [2.05, 4.69) is 27.6 Å². The van der Waals surface area contributed by atoms with Crippen molar-refractivity contribution in [3.8, 4) is 17.0 Å². The van der Waals surface area contributed by atoms with Gasteiger partial charge in [-0.15, -0.1) is 0 Å². The SMILES string of the molecule is COc1ccc(-c2cc3c(=O)n(CC(=O)N[C@@H]4CCCc5ccccc54)ncn3n2)cc1. The molecular weight excluding hydrogens is 406 g/mol. The highest BCUT2D eigenvalue weighted by atomic mass is 16.5. The number of carbonyl (C=O) groups excluding carboxylic acids is 1. The van der Waals surface area contributed by atoms with Gasteiger partial charge in [-0.3, -0.25) is 9.59 Å². The first-order valence-corrected chi connectivity index (χ1v) is 10.6. The highest BCUT2D eigenvalue weighted by molar-refractivity contribution is 5.76. The summed E-state index contributed by atoms with van der Waals surface area (Å²) in [6.07, 6.45) is 4.39. The maximum Gasteiger partial charge on any atom is 0.293 e. The molecule has 0 saturated carbocycles. The van der Waals surface area contributed by atoms with E-state index >= 15 is 0 Å². The lowest BCUT2D eigenvalue weighted by atomic mass is 9.88. The van der Waals surface area contributed by atoms with Crippen molar-refractivity contribution in [2.24, 2.45) is 0 Å². The van der Waals surface area contributed by atoms with Crippen LogP contribution in [-0.2, 0) is 17.8 Å². The number of nitrogens with one attached hydrogen (secondary N) is 1. The summed E-state index contributed by atoms with van der Waals surface area (Å²) in [6.45, 7) is -0.142. The Morgan fingerprint density at radius 1 is 1.19 bits per heavy atom. The number of rotatable bonds is 5. The molecule has 1 atom stereocenters. The number of aryl methyl sites for hydroxylation is 1. The summed E-state index contributed by atoms with van der Waals surface area (Å²) in [4.78, 5) is 25.7. The molecule has 0 saturated heterocycles. The number of benzene rings is 2. The van der Waals surface area contributed by atoms with Gasteiger partial charge in [0.05, 0.1) is 18.8 Å². The van der Waals surface area contributed by atoms with Crippen LogP contribution in [0.3, 0.4) is 0 Å². The fourth-order valence-electron chi connectivity index (χ4n) is 4.23. The van der Waals surface area contributed by atoms with Gasteiger partial charge in [0.15, 0.2) is 0 Å². The number of nitrogens with zero attached hydrogens (tertiary/aromatic N) is 4. The minimum absolute atomic E-state index is 0.0384. The third kappa shape index (κ3) is 3.75. The number of methoxy groups -OCH3 is 1. The van der Waals surface area contributed by atoms with Gasteiger partial charge in [0.2, 0.25) is 5.91 Å². The van der Waals surface area contributed by atoms with Crippen LogP contribution < -0.4 is 15.6 Å². The van der Waals surface area contributed by atoms with Gasteiger partial charge in [-0.05, 0) is 60.7 Å². The van der Waals surface area contributed by atoms with Gasteiger partial charge in [0.25, 0.3) is 5.56 Å². The van der Waals surface area contributed by atoms with E-state index in [4.69, 9.17) is 4.74 Å². The van der Waals surface area contributed by atoms with Crippen LogP contribution in [0, 0.1) is 0 Å². The molecule has 2 heterocycles. The van der Waals surface area contributed by atoms with Gasteiger partial charge >= 0.3 is 0 Å². The Bertz CT molecular complexity index is 1340. The third-order valence-electron chi connectivity index (χ3n) is 5.87. The predicted octanol–water partition coefficient (Wildman–Crippen LogP) is 2.76. The van der Waals surface area contributed by atoms with Gasteiger partial charge in [-0.2, -0.15) is 10.2 Å². The van der Waals surface area contributed by atoms with E-state index in [1.807, 2.05) is 36.4 Å². The second-order valence-electron chi connectivity index (χ2n) is 7.89. The average molecular weight is 429 g/mol. The summed E-state index contributed by atoms with van der Waals surface area (Å²) < 4.78 is 7.80. The van der Waals surface area contributed by atoms with Crippen LogP contribution in [0.25, 0.3) is 16.8 Å². The fourth-order valence-corrected chi connectivity index (χ4v) is 4.23. The molecule has 0 bridgehead atoms. The second kappa shape index (κ2) is 8.30. The Labute approximate surface area is 184 Å². The number of amides is 1. The molecule has 32 heavy (non-hydrogen) atoms. The monoisotopic (exact) mass is 429 g/mol. The molecule has 0 aliphatic heterocycles. The zero-order chi connectivity index (χ0) is 22.1. The predicted molar refractivity (Wildman–Crippen MR) is 119 cm³/mol. The first-order chi connectivity index (χ1) is 15.6. The lowest BCUT2D eigenvalue weighted by Gasteiger charge is -2.26. The molecule has 0 fully saturated rings. The molecule has 2 aromatic carbocycles. The van der Waals surface area contributed by atoms with E-state index in [-0.39, 0.29) is 24.1 Å². The van der Waals surface area contributed by atoms with Crippen molar-refractivity contribution < 1.29 is 9.53 Å².